The smallest absolute Gasteiger partial charge is 0.329 e. The molecule has 5 heterocycles. The van der Waals surface area contributed by atoms with Crippen molar-refractivity contribution in [2.75, 3.05) is 44.2 Å². The van der Waals surface area contributed by atoms with Gasteiger partial charge >= 0.3 is 5.69 Å². The maximum atomic E-state index is 14.3. The second-order valence-electron chi connectivity index (χ2n) is 17.2. The number of amides is 3. The number of nitrogens with one attached hydrogen (secondary N) is 2. The van der Waals surface area contributed by atoms with Crippen LogP contribution in [-0.4, -0.2) is 103 Å². The van der Waals surface area contributed by atoms with Crippen molar-refractivity contribution in [2.24, 2.45) is 12.5 Å². The van der Waals surface area contributed by atoms with Gasteiger partial charge in [0.15, 0.2) is 17.4 Å². The summed E-state index contributed by atoms with van der Waals surface area (Å²) in [4.78, 5) is 77.8. The van der Waals surface area contributed by atoms with Gasteiger partial charge in [0.1, 0.15) is 16.7 Å². The van der Waals surface area contributed by atoms with Gasteiger partial charge in [-0.15, -0.1) is 11.3 Å². The molecule has 64 heavy (non-hydrogen) atoms. The van der Waals surface area contributed by atoms with Gasteiger partial charge in [0, 0.05) is 63.2 Å². The van der Waals surface area contributed by atoms with E-state index in [4.69, 9.17) is 19.9 Å². The number of carboxylic acid groups (broad SMARTS) is 1. The number of halogens is 3. The summed E-state index contributed by atoms with van der Waals surface area (Å²) in [6.07, 6.45) is 9.17. The number of thiazole rings is 1. The van der Waals surface area contributed by atoms with E-state index >= 15 is 0 Å². The minimum Gasteiger partial charge on any atom is -0.503 e. The zero-order valence-corrected chi connectivity index (χ0v) is 35.9. The van der Waals surface area contributed by atoms with Gasteiger partial charge < -0.3 is 20.4 Å². The number of phenols is 1. The number of hydrogen-bond acceptors (Lipinski definition) is 12. The standard InChI is InChI=1S/C43H46F3N9O5S.CH2O2/c1-52-31-21-25(4-5-29(31)55(41(52)60)30-6-7-33(56)51-38(30)59)3-2-16-53-17-19-54(20-18-53)40-47-15-8-28(49-40)39-50-32(23-61-39)43-12-9-42(10-13-43,11-14-43)24-48-37(58)26-22-27(44)36(57)35(46)34(26)45;2-1-3/h4-5,8,15,21-23,30,57H,2-3,6-7,9-14,16-20,24H2,1H3,(H,48,58)(H,51,56,59);1H,(H,2,3)/t30-,42?,43?;/m1./s1. The molecule has 2 bridgehead atoms. The van der Waals surface area contributed by atoms with Crippen molar-refractivity contribution in [2.45, 2.75) is 75.7 Å². The number of aromatic nitrogens is 5. The minimum absolute atomic E-state index is 0.0864. The minimum atomic E-state index is -1.78. The second-order valence-corrected chi connectivity index (χ2v) is 18.0. The first-order valence-electron chi connectivity index (χ1n) is 21.3. The lowest BCUT2D eigenvalue weighted by Gasteiger charge is -2.53. The van der Waals surface area contributed by atoms with Crippen molar-refractivity contribution in [1.82, 2.24) is 39.6 Å². The van der Waals surface area contributed by atoms with Gasteiger partial charge in [0.05, 0.1) is 22.3 Å². The molecule has 16 nitrogen and oxygen atoms in total. The zero-order chi connectivity index (χ0) is 45.3. The van der Waals surface area contributed by atoms with Gasteiger partial charge in [-0.2, -0.15) is 4.39 Å². The SMILES string of the molecule is Cn1c(=O)n([C@@H]2CCC(=O)NC2=O)c2ccc(CCCN3CCN(c4nccc(-c5nc(C67CCC(CNC(=O)c8cc(F)c(O)c(F)c8F)(CC6)CC7)cs5)n4)CC3)cc21.O=CO. The van der Waals surface area contributed by atoms with Crippen LogP contribution < -0.4 is 21.2 Å². The Morgan fingerprint density at radius 3 is 2.41 bits per heavy atom. The Morgan fingerprint density at radius 2 is 1.70 bits per heavy atom. The molecule has 2 saturated heterocycles. The van der Waals surface area contributed by atoms with Crippen LogP contribution in [0.1, 0.15) is 85.4 Å². The summed E-state index contributed by atoms with van der Waals surface area (Å²) in [5.74, 6) is -7.18. The third-order valence-electron chi connectivity index (χ3n) is 13.6. The fourth-order valence-electron chi connectivity index (χ4n) is 9.75. The molecule has 3 aromatic heterocycles. The predicted octanol–water partition coefficient (Wildman–Crippen LogP) is 4.83. The fourth-order valence-corrected chi connectivity index (χ4v) is 10.7. The number of benzene rings is 2. The van der Waals surface area contributed by atoms with Gasteiger partial charge in [-0.3, -0.25) is 38.5 Å². The van der Waals surface area contributed by atoms with Crippen molar-refractivity contribution >= 4 is 52.5 Å². The molecule has 3 saturated carbocycles. The molecule has 20 heteroatoms. The molecule has 0 radical (unpaired) electrons. The van der Waals surface area contributed by atoms with Gasteiger partial charge in [-0.05, 0) is 99.6 Å². The highest BCUT2D eigenvalue weighted by molar-refractivity contribution is 7.13. The number of anilines is 1. The second kappa shape index (κ2) is 18.1. The van der Waals surface area contributed by atoms with Gasteiger partial charge in [0.2, 0.25) is 23.6 Å². The number of nitrogens with zero attached hydrogens (tertiary/aromatic N) is 7. The highest BCUT2D eigenvalue weighted by Crippen LogP contribution is 2.57. The molecule has 4 N–H and O–H groups in total. The maximum absolute atomic E-state index is 14.3. The fraction of sp³-hybridized carbons (Fsp3) is 0.455. The number of imidazole rings is 1. The summed E-state index contributed by atoms with van der Waals surface area (Å²) in [6.45, 7) is 4.25. The van der Waals surface area contributed by atoms with E-state index in [0.29, 0.717) is 24.0 Å². The van der Waals surface area contributed by atoms with Gasteiger partial charge in [-0.1, -0.05) is 6.07 Å². The first-order chi connectivity index (χ1) is 30.7. The molecule has 5 aliphatic rings. The van der Waals surface area contributed by atoms with Gasteiger partial charge in [-0.25, -0.2) is 28.5 Å². The Morgan fingerprint density at radius 1 is 0.984 bits per heavy atom. The zero-order valence-electron chi connectivity index (χ0n) is 35.1. The van der Waals surface area contributed by atoms with E-state index in [-0.39, 0.29) is 41.9 Å². The molecular formula is C44H48F3N9O7S. The van der Waals surface area contributed by atoms with E-state index in [1.165, 1.54) is 4.57 Å². The number of hydrogen-bond donors (Lipinski definition) is 4. The van der Waals surface area contributed by atoms with Crippen LogP contribution in [0, 0.1) is 22.9 Å². The van der Waals surface area contributed by atoms with Crippen LogP contribution in [0.5, 0.6) is 5.75 Å². The number of piperazine rings is 1. The molecule has 10 rings (SSSR count). The van der Waals surface area contributed by atoms with Crippen molar-refractivity contribution < 1.29 is 42.6 Å². The average molecular weight is 904 g/mol. The number of phenolic OH excluding ortho intramolecular Hbond substituents is 1. The van der Waals surface area contributed by atoms with Crippen LogP contribution in [0.25, 0.3) is 21.7 Å². The van der Waals surface area contributed by atoms with Crippen LogP contribution in [0.15, 0.2) is 46.7 Å². The third kappa shape index (κ3) is 8.59. The third-order valence-corrected chi connectivity index (χ3v) is 14.4. The molecule has 338 valence electrons. The van der Waals surface area contributed by atoms with Crippen LogP contribution in [0.3, 0.4) is 0 Å². The lowest BCUT2D eigenvalue weighted by atomic mass is 9.53. The number of imide groups is 1. The van der Waals surface area contributed by atoms with E-state index in [1.54, 1.807) is 29.1 Å². The maximum Gasteiger partial charge on any atom is 0.329 e. The Hall–Kier alpha value is -6.15. The summed E-state index contributed by atoms with van der Waals surface area (Å²) < 4.78 is 45.1. The van der Waals surface area contributed by atoms with Crippen molar-refractivity contribution in [3.05, 3.63) is 86.7 Å². The highest BCUT2D eigenvalue weighted by atomic mass is 32.1. The lowest BCUT2D eigenvalue weighted by Crippen LogP contribution is -2.49. The number of carbonyl (C=O) groups is 4. The predicted molar refractivity (Wildman–Crippen MR) is 230 cm³/mol. The van der Waals surface area contributed by atoms with Crippen LogP contribution in [0.2, 0.25) is 0 Å². The summed E-state index contributed by atoms with van der Waals surface area (Å²) in [7, 11) is 1.71. The number of aromatic hydroxyl groups is 1. The summed E-state index contributed by atoms with van der Waals surface area (Å²) in [5, 5.41) is 24.2. The average Bonchev–Trinajstić information content (AvgIpc) is 3.91. The Kier molecular flexibility index (Phi) is 12.6. The number of piperidine rings is 1. The Balaban J connectivity index is 0.00000182. The topological polar surface area (TPSA) is 205 Å². The summed E-state index contributed by atoms with van der Waals surface area (Å²) >= 11 is 1.57. The lowest BCUT2D eigenvalue weighted by molar-refractivity contribution is -0.135. The van der Waals surface area contributed by atoms with Crippen LogP contribution in [-0.2, 0) is 33.3 Å². The first-order valence-corrected chi connectivity index (χ1v) is 22.2. The Bertz CT molecular complexity index is 2650. The highest BCUT2D eigenvalue weighted by Gasteiger charge is 2.50. The molecule has 0 spiro atoms. The van der Waals surface area contributed by atoms with Gasteiger partial charge in [0.25, 0.3) is 12.4 Å². The molecule has 2 aliphatic heterocycles. The number of rotatable bonds is 11. The molecule has 1 atom stereocenters. The summed E-state index contributed by atoms with van der Waals surface area (Å²) in [5.41, 5.74) is 3.07. The van der Waals surface area contributed by atoms with Crippen LogP contribution >= 0.6 is 11.3 Å². The van der Waals surface area contributed by atoms with E-state index in [1.807, 2.05) is 24.3 Å². The largest absolute Gasteiger partial charge is 0.503 e. The molecule has 3 aliphatic carbocycles. The van der Waals surface area contributed by atoms with Crippen molar-refractivity contribution in [1.29, 1.82) is 0 Å². The summed E-state index contributed by atoms with van der Waals surface area (Å²) in [6, 6.07) is 7.65. The van der Waals surface area contributed by atoms with E-state index in [2.05, 4.69) is 30.8 Å². The first kappa shape index (κ1) is 44.5. The van der Waals surface area contributed by atoms with Crippen molar-refractivity contribution in [3.8, 4) is 16.5 Å². The van der Waals surface area contributed by atoms with E-state index in [9.17, 15) is 37.5 Å². The quantitative estimate of drug-likeness (QED) is 0.0800. The normalized spacial score (nSPS) is 22.2. The number of fused-ring (bicyclic) bond motifs is 4. The molecular weight excluding hydrogens is 856 g/mol. The monoisotopic (exact) mass is 903 g/mol. The van der Waals surface area contributed by atoms with Crippen LogP contribution in [0.4, 0.5) is 19.1 Å². The molecule has 5 aromatic rings. The molecule has 3 amide bonds. The Labute approximate surface area is 369 Å². The van der Waals surface area contributed by atoms with Crippen molar-refractivity contribution in [3.63, 3.8) is 0 Å². The van der Waals surface area contributed by atoms with E-state index < -0.39 is 46.6 Å². The molecule has 2 aromatic carbocycles. The number of aryl methyl sites for hydroxylation is 2. The van der Waals surface area contributed by atoms with E-state index in [0.717, 1.165) is 112 Å². The number of carbonyl (C=O) groups excluding carboxylic acids is 3. The molecule has 5 fully saturated rings. The molecule has 0 unspecified atom stereocenters.